The fraction of sp³-hybridized carbons (Fsp3) is 0.350. The van der Waals surface area contributed by atoms with Crippen LogP contribution in [0.15, 0.2) is 30.3 Å². The van der Waals surface area contributed by atoms with Crippen LogP contribution in [-0.2, 0) is 9.53 Å². The number of hydrogen-bond acceptors (Lipinski definition) is 4. The Morgan fingerprint density at radius 2 is 1.73 bits per heavy atom. The highest BCUT2D eigenvalue weighted by Crippen LogP contribution is 2.20. The van der Waals surface area contributed by atoms with Crippen LogP contribution in [0.5, 0.6) is 0 Å². The molecule has 0 spiro atoms. The number of amides is 1. The number of ether oxygens (including phenoxy) is 1. The molecular weight excluding hydrogens is 332 g/mol. The molecule has 2 rings (SSSR count). The van der Waals surface area contributed by atoms with E-state index in [4.69, 9.17) is 4.74 Å². The van der Waals surface area contributed by atoms with E-state index in [2.05, 4.69) is 5.32 Å². The molecule has 0 aliphatic rings. The molecule has 2 aromatic rings. The molecule has 1 aromatic heterocycles. The number of carbonyl (C=O) groups is 3. The number of nitrogens with zero attached hydrogens (tertiary/aromatic N) is 1. The minimum Gasteiger partial charge on any atom is -0.452 e. The third-order valence-corrected chi connectivity index (χ3v) is 4.13. The Morgan fingerprint density at radius 3 is 2.23 bits per heavy atom. The monoisotopic (exact) mass is 356 g/mol. The molecule has 0 aliphatic carbocycles. The molecule has 26 heavy (non-hydrogen) atoms. The van der Waals surface area contributed by atoms with Gasteiger partial charge in [0.2, 0.25) is 0 Å². The van der Waals surface area contributed by atoms with Crippen molar-refractivity contribution in [1.29, 1.82) is 0 Å². The van der Waals surface area contributed by atoms with Crippen molar-refractivity contribution < 1.29 is 19.1 Å². The van der Waals surface area contributed by atoms with Crippen molar-refractivity contribution in [3.8, 4) is 0 Å². The molecule has 0 saturated heterocycles. The second kappa shape index (κ2) is 7.99. The van der Waals surface area contributed by atoms with Crippen LogP contribution in [-0.4, -0.2) is 28.8 Å². The number of anilines is 1. The molecule has 1 N–H and O–H groups in total. The molecule has 138 valence electrons. The molecule has 0 atom stereocenters. The van der Waals surface area contributed by atoms with Gasteiger partial charge in [0.1, 0.15) is 0 Å². The zero-order valence-electron chi connectivity index (χ0n) is 15.8. The number of esters is 1. The Hall–Kier alpha value is -2.89. The highest BCUT2D eigenvalue weighted by molar-refractivity contribution is 5.97. The van der Waals surface area contributed by atoms with Crippen LogP contribution in [0.25, 0.3) is 0 Å². The second-order valence-corrected chi connectivity index (χ2v) is 6.51. The number of hydrogen-bond donors (Lipinski definition) is 1. The highest BCUT2D eigenvalue weighted by Gasteiger charge is 2.19. The molecule has 1 aromatic carbocycles. The predicted molar refractivity (Wildman–Crippen MR) is 99.6 cm³/mol. The summed E-state index contributed by atoms with van der Waals surface area (Å²) in [5, 5.41) is 2.63. The number of ketones is 1. The normalized spacial score (nSPS) is 10.7. The summed E-state index contributed by atoms with van der Waals surface area (Å²) in [5.41, 5.74) is 3.36. The maximum atomic E-state index is 12.3. The first kappa shape index (κ1) is 19.4. The SMILES string of the molecule is CC(=O)c1ccc(NC(=O)COC(=O)c2cc(C)n(C(C)C)c2C)cc1. The molecule has 0 saturated carbocycles. The number of Topliss-reactive ketones (excluding diaryl/α,β-unsaturated/α-hetero) is 1. The Morgan fingerprint density at radius 1 is 1.12 bits per heavy atom. The lowest BCUT2D eigenvalue weighted by Gasteiger charge is -2.13. The largest absolute Gasteiger partial charge is 0.452 e. The van der Waals surface area contributed by atoms with Crippen molar-refractivity contribution in [2.24, 2.45) is 0 Å². The van der Waals surface area contributed by atoms with E-state index in [1.165, 1.54) is 6.92 Å². The van der Waals surface area contributed by atoms with Crippen molar-refractivity contribution in [3.63, 3.8) is 0 Å². The van der Waals surface area contributed by atoms with Gasteiger partial charge in [-0.3, -0.25) is 9.59 Å². The third kappa shape index (κ3) is 4.39. The minimum atomic E-state index is -0.521. The second-order valence-electron chi connectivity index (χ2n) is 6.51. The summed E-state index contributed by atoms with van der Waals surface area (Å²) < 4.78 is 7.18. The number of rotatable bonds is 6. The molecule has 6 nitrogen and oxygen atoms in total. The van der Waals surface area contributed by atoms with Crippen LogP contribution >= 0.6 is 0 Å². The molecule has 0 fully saturated rings. The Kier molecular flexibility index (Phi) is 5.97. The molecule has 1 amide bonds. The smallest absolute Gasteiger partial charge is 0.340 e. The highest BCUT2D eigenvalue weighted by atomic mass is 16.5. The molecule has 0 radical (unpaired) electrons. The van der Waals surface area contributed by atoms with Gasteiger partial charge >= 0.3 is 5.97 Å². The fourth-order valence-corrected chi connectivity index (χ4v) is 2.97. The van der Waals surface area contributed by atoms with E-state index in [1.54, 1.807) is 30.3 Å². The van der Waals surface area contributed by atoms with Gasteiger partial charge in [-0.25, -0.2) is 4.79 Å². The topological polar surface area (TPSA) is 77.4 Å². The van der Waals surface area contributed by atoms with Crippen LogP contribution in [0.2, 0.25) is 0 Å². The molecule has 0 aliphatic heterocycles. The van der Waals surface area contributed by atoms with Gasteiger partial charge in [-0.2, -0.15) is 0 Å². The minimum absolute atomic E-state index is 0.0456. The van der Waals surface area contributed by atoms with Crippen LogP contribution < -0.4 is 5.32 Å². The fourth-order valence-electron chi connectivity index (χ4n) is 2.97. The van der Waals surface area contributed by atoms with Crippen molar-refractivity contribution in [3.05, 3.63) is 52.8 Å². The van der Waals surface area contributed by atoms with Crippen LogP contribution in [0.3, 0.4) is 0 Å². The van der Waals surface area contributed by atoms with Gasteiger partial charge in [0.05, 0.1) is 5.56 Å². The number of nitrogens with one attached hydrogen (secondary N) is 1. The Balaban J connectivity index is 1.96. The summed E-state index contributed by atoms with van der Waals surface area (Å²) in [6.45, 7) is 8.98. The average Bonchev–Trinajstić information content (AvgIpc) is 2.87. The Labute approximate surface area is 153 Å². The van der Waals surface area contributed by atoms with Gasteiger partial charge < -0.3 is 14.6 Å². The van der Waals surface area contributed by atoms with Crippen LogP contribution in [0.1, 0.15) is 58.9 Å². The lowest BCUT2D eigenvalue weighted by atomic mass is 10.1. The molecule has 0 bridgehead atoms. The predicted octanol–water partition coefficient (Wildman–Crippen LogP) is 3.68. The van der Waals surface area contributed by atoms with Gasteiger partial charge in [0.25, 0.3) is 5.91 Å². The van der Waals surface area contributed by atoms with Gasteiger partial charge in [0.15, 0.2) is 12.4 Å². The van der Waals surface area contributed by atoms with E-state index in [0.717, 1.165) is 11.4 Å². The maximum absolute atomic E-state index is 12.3. The first-order chi connectivity index (χ1) is 12.2. The lowest BCUT2D eigenvalue weighted by molar-refractivity contribution is -0.119. The zero-order chi connectivity index (χ0) is 19.4. The van der Waals surface area contributed by atoms with E-state index in [1.807, 2.05) is 32.3 Å². The summed E-state index contributed by atoms with van der Waals surface area (Å²) in [7, 11) is 0. The molecular formula is C20H24N2O4. The van der Waals surface area contributed by atoms with Crippen LogP contribution in [0.4, 0.5) is 5.69 Å². The number of aryl methyl sites for hydroxylation is 1. The summed E-state index contributed by atoms with van der Waals surface area (Å²) >= 11 is 0. The van der Waals surface area contributed by atoms with Gasteiger partial charge in [-0.15, -0.1) is 0 Å². The van der Waals surface area contributed by atoms with Crippen molar-refractivity contribution >= 4 is 23.3 Å². The van der Waals surface area contributed by atoms with Crippen molar-refractivity contribution in [2.75, 3.05) is 11.9 Å². The van der Waals surface area contributed by atoms with E-state index < -0.39 is 11.9 Å². The Bertz CT molecular complexity index is 832. The van der Waals surface area contributed by atoms with Gasteiger partial charge in [0, 0.05) is 28.7 Å². The van der Waals surface area contributed by atoms with Crippen molar-refractivity contribution in [2.45, 2.75) is 40.7 Å². The average molecular weight is 356 g/mol. The summed E-state index contributed by atoms with van der Waals surface area (Å²) in [6, 6.07) is 8.53. The third-order valence-electron chi connectivity index (χ3n) is 4.13. The summed E-state index contributed by atoms with van der Waals surface area (Å²) in [5.74, 6) is -1.01. The number of benzene rings is 1. The number of aromatic nitrogens is 1. The lowest BCUT2D eigenvalue weighted by Crippen LogP contribution is -2.21. The standard InChI is InChI=1S/C20H24N2O4/c1-12(2)22-13(3)10-18(14(22)4)20(25)26-11-19(24)21-17-8-6-16(7-9-17)15(5)23/h6-10,12H,11H2,1-5H3,(H,21,24). The molecule has 6 heteroatoms. The molecule has 1 heterocycles. The van der Waals surface area contributed by atoms with E-state index >= 15 is 0 Å². The quantitative estimate of drug-likeness (QED) is 0.633. The van der Waals surface area contributed by atoms with Gasteiger partial charge in [-0.05, 0) is 65.0 Å². The van der Waals surface area contributed by atoms with Crippen LogP contribution in [0, 0.1) is 13.8 Å². The molecule has 0 unspecified atom stereocenters. The first-order valence-corrected chi connectivity index (χ1v) is 8.47. The van der Waals surface area contributed by atoms with Gasteiger partial charge in [-0.1, -0.05) is 0 Å². The maximum Gasteiger partial charge on any atom is 0.340 e. The van der Waals surface area contributed by atoms with E-state index in [-0.39, 0.29) is 18.4 Å². The zero-order valence-corrected chi connectivity index (χ0v) is 15.8. The van der Waals surface area contributed by atoms with Crippen molar-refractivity contribution in [1.82, 2.24) is 4.57 Å². The summed E-state index contributed by atoms with van der Waals surface area (Å²) in [6.07, 6.45) is 0. The number of carbonyl (C=O) groups excluding carboxylic acids is 3. The first-order valence-electron chi connectivity index (χ1n) is 8.47. The summed E-state index contributed by atoms with van der Waals surface area (Å²) in [4.78, 5) is 35.5. The van der Waals surface area contributed by atoms with E-state index in [0.29, 0.717) is 16.8 Å². The van der Waals surface area contributed by atoms with E-state index in [9.17, 15) is 14.4 Å².